The van der Waals surface area contributed by atoms with E-state index in [1.807, 2.05) is 115 Å². The average molecular weight is 904 g/mol. The Morgan fingerprint density at radius 2 is 1.12 bits per heavy atom. The summed E-state index contributed by atoms with van der Waals surface area (Å²) in [6.45, 7) is 0.379. The summed E-state index contributed by atoms with van der Waals surface area (Å²) in [4.78, 5) is 30.8. The van der Waals surface area contributed by atoms with Crippen LogP contribution in [0.2, 0.25) is 0 Å². The van der Waals surface area contributed by atoms with Crippen molar-refractivity contribution >= 4 is 11.9 Å². The predicted molar refractivity (Wildman–Crippen MR) is 238 cm³/mol. The van der Waals surface area contributed by atoms with Crippen LogP contribution < -0.4 is 4.74 Å². The van der Waals surface area contributed by atoms with Gasteiger partial charge in [-0.25, -0.2) is 9.59 Å². The zero-order valence-electron chi connectivity index (χ0n) is 36.8. The summed E-state index contributed by atoms with van der Waals surface area (Å²) in [7, 11) is 4.14. The maximum Gasteiger partial charge on any atom is 0.338 e. The molecular formula is C50H53N3O13. The van der Waals surface area contributed by atoms with Crippen LogP contribution in [0.3, 0.4) is 0 Å². The molecule has 0 spiro atoms. The normalized spacial score (nSPS) is 25.0. The van der Waals surface area contributed by atoms with Gasteiger partial charge in [-0.1, -0.05) is 126 Å². The highest BCUT2D eigenvalue weighted by Crippen LogP contribution is 2.37. The fourth-order valence-corrected chi connectivity index (χ4v) is 7.72. The lowest BCUT2D eigenvalue weighted by molar-refractivity contribution is -0.346. The number of benzene rings is 5. The van der Waals surface area contributed by atoms with Crippen molar-refractivity contribution in [2.24, 2.45) is 5.11 Å². The highest BCUT2D eigenvalue weighted by atomic mass is 16.8. The summed E-state index contributed by atoms with van der Waals surface area (Å²) >= 11 is 0. The number of azide groups is 1. The van der Waals surface area contributed by atoms with E-state index in [4.69, 9.17) is 52.1 Å². The lowest BCUT2D eigenvalue weighted by Gasteiger charge is -2.48. The molecule has 5 aromatic rings. The van der Waals surface area contributed by atoms with Crippen LogP contribution in [0.25, 0.3) is 10.4 Å². The molecule has 7 rings (SSSR count). The van der Waals surface area contributed by atoms with Crippen LogP contribution in [0, 0.1) is 0 Å². The summed E-state index contributed by atoms with van der Waals surface area (Å²) in [6.07, 6.45) is -11.3. The topological polar surface area (TPSA) is 184 Å². The smallest absolute Gasteiger partial charge is 0.338 e. The summed E-state index contributed by atoms with van der Waals surface area (Å²) in [6, 6.07) is 42.9. The Balaban J connectivity index is 1.28. The molecule has 2 saturated heterocycles. The SMILES string of the molecule is COC(=O)[C@@H]1O[C@H](OC)C(OC(=O)c2ccccc2)C(OCc2ccccc2)[C@@H]1O[C@H]1OC(COCc2ccccc2)[C@@H](OCc2ccc(OC)cc2)[C@@H](OCc2ccccc2)C1N=[N+]=[N-]. The first-order chi connectivity index (χ1) is 32.4. The van der Waals surface area contributed by atoms with Crippen LogP contribution >= 0.6 is 0 Å². The Bertz CT molecular complexity index is 2290. The second-order valence-electron chi connectivity index (χ2n) is 15.4. The van der Waals surface area contributed by atoms with Crippen molar-refractivity contribution in [3.8, 4) is 5.75 Å². The summed E-state index contributed by atoms with van der Waals surface area (Å²) in [5, 5.41) is 4.22. The van der Waals surface area contributed by atoms with Crippen molar-refractivity contribution < 1.29 is 61.7 Å². The molecule has 346 valence electrons. The Kier molecular flexibility index (Phi) is 17.7. The van der Waals surface area contributed by atoms with E-state index in [0.29, 0.717) is 5.75 Å². The number of nitrogens with zero attached hydrogens (tertiary/aromatic N) is 3. The zero-order chi connectivity index (χ0) is 46.1. The molecule has 4 unspecified atom stereocenters. The molecule has 2 aliphatic heterocycles. The second-order valence-corrected chi connectivity index (χ2v) is 15.4. The van der Waals surface area contributed by atoms with Crippen molar-refractivity contribution in [2.45, 2.75) is 87.8 Å². The van der Waals surface area contributed by atoms with E-state index >= 15 is 0 Å². The van der Waals surface area contributed by atoms with Crippen LogP contribution in [0.1, 0.15) is 32.6 Å². The van der Waals surface area contributed by atoms with E-state index in [2.05, 4.69) is 10.0 Å². The minimum atomic E-state index is -1.54. The molecule has 0 aliphatic carbocycles. The largest absolute Gasteiger partial charge is 0.497 e. The number of esters is 2. The minimum absolute atomic E-state index is 0.0135. The third-order valence-corrected chi connectivity index (χ3v) is 11.1. The Morgan fingerprint density at radius 1 is 0.591 bits per heavy atom. The number of hydrogen-bond donors (Lipinski definition) is 0. The van der Waals surface area contributed by atoms with Crippen molar-refractivity contribution in [1.82, 2.24) is 0 Å². The molecule has 16 heteroatoms. The van der Waals surface area contributed by atoms with Gasteiger partial charge in [0.1, 0.15) is 42.3 Å². The van der Waals surface area contributed by atoms with Gasteiger partial charge in [-0.2, -0.15) is 0 Å². The molecule has 16 nitrogen and oxygen atoms in total. The van der Waals surface area contributed by atoms with Crippen LogP contribution in [-0.2, 0) is 78.6 Å². The molecule has 5 aromatic carbocycles. The molecule has 0 bridgehead atoms. The van der Waals surface area contributed by atoms with Gasteiger partial charge in [-0.05, 0) is 52.1 Å². The van der Waals surface area contributed by atoms with Crippen LogP contribution in [0.15, 0.2) is 151 Å². The summed E-state index contributed by atoms with van der Waals surface area (Å²) in [5.74, 6) is -0.881. The second kappa shape index (κ2) is 24.4. The average Bonchev–Trinajstić information content (AvgIpc) is 3.37. The molecule has 0 amide bonds. The first kappa shape index (κ1) is 47.8. The number of hydrogen-bond acceptors (Lipinski definition) is 14. The van der Waals surface area contributed by atoms with Crippen LogP contribution in [0.4, 0.5) is 0 Å². The maximum atomic E-state index is 13.8. The lowest BCUT2D eigenvalue weighted by atomic mass is 9.94. The molecule has 0 aromatic heterocycles. The van der Waals surface area contributed by atoms with Gasteiger partial charge < -0.3 is 52.1 Å². The van der Waals surface area contributed by atoms with E-state index in [1.165, 1.54) is 14.2 Å². The molecule has 2 fully saturated rings. The lowest BCUT2D eigenvalue weighted by Crippen LogP contribution is -2.66. The summed E-state index contributed by atoms with van der Waals surface area (Å²) < 4.78 is 68.6. The van der Waals surface area contributed by atoms with Crippen molar-refractivity contribution in [3.63, 3.8) is 0 Å². The highest BCUT2D eigenvalue weighted by molar-refractivity contribution is 5.89. The zero-order valence-corrected chi connectivity index (χ0v) is 36.8. The quantitative estimate of drug-likeness (QED) is 0.0305. The Morgan fingerprint density at radius 3 is 1.67 bits per heavy atom. The predicted octanol–water partition coefficient (Wildman–Crippen LogP) is 7.53. The highest BCUT2D eigenvalue weighted by Gasteiger charge is 2.56. The Hall–Kier alpha value is -6.17. The molecule has 0 N–H and O–H groups in total. The summed E-state index contributed by atoms with van der Waals surface area (Å²) in [5.41, 5.74) is 13.8. The fraction of sp³-hybridized carbons (Fsp3) is 0.360. The third-order valence-electron chi connectivity index (χ3n) is 11.1. The van der Waals surface area contributed by atoms with E-state index in [1.54, 1.807) is 37.4 Å². The van der Waals surface area contributed by atoms with Crippen molar-refractivity contribution in [2.75, 3.05) is 27.9 Å². The van der Waals surface area contributed by atoms with E-state index in [0.717, 1.165) is 22.3 Å². The van der Waals surface area contributed by atoms with Crippen LogP contribution in [-0.4, -0.2) is 101 Å². The first-order valence-electron chi connectivity index (χ1n) is 21.4. The standard InChI is InChI=1S/C50H53N3O13/c1-56-38-26-24-36(25-27-38)31-60-41-39(32-59-28-33-16-8-4-9-17-33)63-49(40(52-53-51)42(41)61-29-34-18-10-5-11-19-34)65-44-43(62-30-35-20-12-6-13-21-35)46(50(58-3)66-45(44)48(55)57-2)64-47(54)37-22-14-7-15-23-37/h4-27,39-46,49-50H,28-32H2,1-3H3/t39?,40?,41-,42+,43?,44+,45-,46?,49-,50+/m1/s1. The van der Waals surface area contributed by atoms with Gasteiger partial charge in [0.15, 0.2) is 24.8 Å². The monoisotopic (exact) mass is 903 g/mol. The number of carbonyl (C=O) groups excluding carboxylic acids is 2. The number of ether oxygens (including phenoxy) is 11. The van der Waals surface area contributed by atoms with Crippen molar-refractivity contribution in [3.05, 3.63) is 184 Å². The first-order valence-corrected chi connectivity index (χ1v) is 21.4. The fourth-order valence-electron chi connectivity index (χ4n) is 7.72. The van der Waals surface area contributed by atoms with Gasteiger partial charge in [-0.3, -0.25) is 0 Å². The molecule has 66 heavy (non-hydrogen) atoms. The minimum Gasteiger partial charge on any atom is -0.497 e. The van der Waals surface area contributed by atoms with Gasteiger partial charge in [-0.15, -0.1) is 0 Å². The van der Waals surface area contributed by atoms with Gasteiger partial charge >= 0.3 is 11.9 Å². The van der Waals surface area contributed by atoms with Gasteiger partial charge in [0.25, 0.3) is 0 Å². The molecule has 2 aliphatic rings. The number of methoxy groups -OCH3 is 3. The Labute approximate surface area is 383 Å². The van der Waals surface area contributed by atoms with E-state index < -0.39 is 73.3 Å². The van der Waals surface area contributed by atoms with E-state index in [-0.39, 0.29) is 38.6 Å². The molecule has 0 radical (unpaired) electrons. The number of carbonyl (C=O) groups is 2. The molecule has 2 heterocycles. The van der Waals surface area contributed by atoms with Gasteiger partial charge in [0.05, 0.1) is 52.8 Å². The van der Waals surface area contributed by atoms with Gasteiger partial charge in [0, 0.05) is 12.0 Å². The molecular weight excluding hydrogens is 851 g/mol. The van der Waals surface area contributed by atoms with Gasteiger partial charge in [0.2, 0.25) is 0 Å². The molecule has 10 atom stereocenters. The maximum absolute atomic E-state index is 13.8. The third kappa shape index (κ3) is 12.6. The van der Waals surface area contributed by atoms with E-state index in [9.17, 15) is 15.1 Å². The van der Waals surface area contributed by atoms with Crippen molar-refractivity contribution in [1.29, 1.82) is 0 Å². The number of rotatable bonds is 21. The van der Waals surface area contributed by atoms with Crippen LogP contribution in [0.5, 0.6) is 5.75 Å². The molecule has 0 saturated carbocycles.